The molecule has 2 aromatic rings. The largest absolute Gasteiger partial charge is 0.490 e. The molecule has 3 heteroatoms. The van der Waals surface area contributed by atoms with Crippen LogP contribution in [0.25, 0.3) is 10.9 Å². The van der Waals surface area contributed by atoms with Crippen LogP contribution in [0.15, 0.2) is 30.5 Å². The summed E-state index contributed by atoms with van der Waals surface area (Å²) >= 11 is 0. The lowest BCUT2D eigenvalue weighted by molar-refractivity contribution is 0.157. The number of aromatic nitrogens is 1. The van der Waals surface area contributed by atoms with Crippen LogP contribution < -0.4 is 10.5 Å². The van der Waals surface area contributed by atoms with Gasteiger partial charge in [-0.2, -0.15) is 0 Å². The molecule has 1 aromatic heterocycles. The second-order valence-corrected chi connectivity index (χ2v) is 4.93. The van der Waals surface area contributed by atoms with Crippen molar-refractivity contribution in [3.8, 4) is 5.75 Å². The van der Waals surface area contributed by atoms with Crippen LogP contribution in [0.4, 0.5) is 5.69 Å². The van der Waals surface area contributed by atoms with Gasteiger partial charge in [-0.05, 0) is 43.9 Å². The first-order valence-electron chi connectivity index (χ1n) is 6.64. The second-order valence-electron chi connectivity index (χ2n) is 4.93. The molecule has 18 heavy (non-hydrogen) atoms. The van der Waals surface area contributed by atoms with E-state index in [1.807, 2.05) is 24.3 Å². The number of nitrogens with two attached hydrogens (primary N) is 1. The molecule has 3 rings (SSSR count). The maximum absolute atomic E-state index is 6.13. The summed E-state index contributed by atoms with van der Waals surface area (Å²) in [6, 6.07) is 7.79. The molecular weight excluding hydrogens is 224 g/mol. The number of pyridine rings is 1. The van der Waals surface area contributed by atoms with Crippen molar-refractivity contribution in [2.24, 2.45) is 0 Å². The molecule has 0 spiro atoms. The first-order valence-corrected chi connectivity index (χ1v) is 6.64. The van der Waals surface area contributed by atoms with E-state index in [1.165, 1.54) is 19.3 Å². The number of ether oxygens (including phenoxy) is 1. The monoisotopic (exact) mass is 242 g/mol. The Morgan fingerprint density at radius 3 is 2.78 bits per heavy atom. The summed E-state index contributed by atoms with van der Waals surface area (Å²) in [4.78, 5) is 4.33. The van der Waals surface area contributed by atoms with Crippen molar-refractivity contribution in [3.63, 3.8) is 0 Å². The highest BCUT2D eigenvalue weighted by Gasteiger charge is 2.16. The van der Waals surface area contributed by atoms with Gasteiger partial charge >= 0.3 is 0 Å². The molecule has 1 aliphatic carbocycles. The first kappa shape index (κ1) is 11.3. The SMILES string of the molecule is Nc1cccc2c(OC3CCCCC3)ccnc12. The van der Waals surface area contributed by atoms with E-state index in [2.05, 4.69) is 4.98 Å². The predicted octanol–water partition coefficient (Wildman–Crippen LogP) is 3.53. The zero-order valence-corrected chi connectivity index (χ0v) is 10.4. The Balaban J connectivity index is 1.93. The van der Waals surface area contributed by atoms with Gasteiger partial charge in [-0.3, -0.25) is 4.98 Å². The van der Waals surface area contributed by atoms with Crippen LogP contribution in [0, 0.1) is 0 Å². The van der Waals surface area contributed by atoms with Crippen molar-refractivity contribution >= 4 is 16.6 Å². The van der Waals surface area contributed by atoms with E-state index in [-0.39, 0.29) is 0 Å². The van der Waals surface area contributed by atoms with E-state index in [1.54, 1.807) is 6.20 Å². The van der Waals surface area contributed by atoms with Crippen LogP contribution >= 0.6 is 0 Å². The van der Waals surface area contributed by atoms with Crippen LogP contribution in [-0.4, -0.2) is 11.1 Å². The predicted molar refractivity (Wildman–Crippen MR) is 73.7 cm³/mol. The third-order valence-corrected chi connectivity index (χ3v) is 3.61. The zero-order chi connectivity index (χ0) is 12.4. The molecule has 0 radical (unpaired) electrons. The third kappa shape index (κ3) is 2.13. The molecule has 1 aromatic carbocycles. The molecule has 0 aliphatic heterocycles. The van der Waals surface area contributed by atoms with Crippen molar-refractivity contribution < 1.29 is 4.74 Å². The quantitative estimate of drug-likeness (QED) is 0.819. The van der Waals surface area contributed by atoms with Crippen LogP contribution in [0.5, 0.6) is 5.75 Å². The summed E-state index contributed by atoms with van der Waals surface area (Å²) in [5.41, 5.74) is 7.49. The van der Waals surface area contributed by atoms with Crippen LogP contribution in [-0.2, 0) is 0 Å². The van der Waals surface area contributed by atoms with Crippen molar-refractivity contribution in [3.05, 3.63) is 30.5 Å². The van der Waals surface area contributed by atoms with Gasteiger partial charge < -0.3 is 10.5 Å². The summed E-state index contributed by atoms with van der Waals surface area (Å²) in [5, 5.41) is 1.02. The smallest absolute Gasteiger partial charge is 0.130 e. The number of nitrogen functional groups attached to an aromatic ring is 1. The Labute approximate surface area is 107 Å². The molecule has 3 nitrogen and oxygen atoms in total. The van der Waals surface area contributed by atoms with E-state index >= 15 is 0 Å². The molecule has 0 amide bonds. The molecule has 94 valence electrons. The normalized spacial score (nSPS) is 16.9. The highest BCUT2D eigenvalue weighted by molar-refractivity contribution is 5.93. The van der Waals surface area contributed by atoms with Gasteiger partial charge in [0.1, 0.15) is 5.75 Å². The Morgan fingerprint density at radius 2 is 1.94 bits per heavy atom. The Morgan fingerprint density at radius 1 is 1.11 bits per heavy atom. The van der Waals surface area contributed by atoms with Gasteiger partial charge in [0.05, 0.1) is 17.3 Å². The molecule has 0 bridgehead atoms. The minimum Gasteiger partial charge on any atom is -0.490 e. The van der Waals surface area contributed by atoms with Gasteiger partial charge in [0.2, 0.25) is 0 Å². The lowest BCUT2D eigenvalue weighted by atomic mass is 9.98. The molecule has 1 aliphatic rings. The van der Waals surface area contributed by atoms with E-state index in [0.717, 1.165) is 29.5 Å². The fourth-order valence-corrected chi connectivity index (χ4v) is 2.64. The van der Waals surface area contributed by atoms with E-state index < -0.39 is 0 Å². The fourth-order valence-electron chi connectivity index (χ4n) is 2.64. The van der Waals surface area contributed by atoms with Crippen molar-refractivity contribution in [1.29, 1.82) is 0 Å². The summed E-state index contributed by atoms with van der Waals surface area (Å²) in [7, 11) is 0. The number of rotatable bonds is 2. The maximum atomic E-state index is 6.13. The standard InChI is InChI=1S/C15H18N2O/c16-13-8-4-7-12-14(9-10-17-15(12)13)18-11-5-2-1-3-6-11/h4,7-11H,1-3,5-6,16H2. The second kappa shape index (κ2) is 4.84. The number of nitrogens with zero attached hydrogens (tertiary/aromatic N) is 1. The Kier molecular flexibility index (Phi) is 3.05. The van der Waals surface area contributed by atoms with Crippen LogP contribution in [0.1, 0.15) is 32.1 Å². The number of hydrogen-bond acceptors (Lipinski definition) is 3. The molecule has 0 unspecified atom stereocenters. The Hall–Kier alpha value is -1.77. The summed E-state index contributed by atoms with van der Waals surface area (Å²) < 4.78 is 6.13. The summed E-state index contributed by atoms with van der Waals surface area (Å²) in [6.07, 6.45) is 8.33. The summed E-state index contributed by atoms with van der Waals surface area (Å²) in [5.74, 6) is 0.916. The zero-order valence-electron chi connectivity index (χ0n) is 10.4. The fraction of sp³-hybridized carbons (Fsp3) is 0.400. The number of hydrogen-bond donors (Lipinski definition) is 1. The molecule has 1 saturated carbocycles. The molecule has 1 heterocycles. The molecule has 2 N–H and O–H groups in total. The van der Waals surface area contributed by atoms with Gasteiger partial charge in [0.25, 0.3) is 0 Å². The van der Waals surface area contributed by atoms with Gasteiger partial charge in [-0.25, -0.2) is 0 Å². The van der Waals surface area contributed by atoms with E-state index in [4.69, 9.17) is 10.5 Å². The number of anilines is 1. The molecule has 0 atom stereocenters. The number of para-hydroxylation sites is 1. The highest BCUT2D eigenvalue weighted by Crippen LogP contribution is 2.30. The molecule has 1 fully saturated rings. The van der Waals surface area contributed by atoms with Gasteiger partial charge in [0.15, 0.2) is 0 Å². The number of benzene rings is 1. The average Bonchev–Trinajstić information content (AvgIpc) is 2.41. The van der Waals surface area contributed by atoms with Crippen molar-refractivity contribution in [1.82, 2.24) is 4.98 Å². The van der Waals surface area contributed by atoms with E-state index in [9.17, 15) is 0 Å². The molecule has 0 saturated heterocycles. The lowest BCUT2D eigenvalue weighted by Crippen LogP contribution is -2.19. The Bertz CT molecular complexity index is 547. The summed E-state index contributed by atoms with van der Waals surface area (Å²) in [6.45, 7) is 0. The minimum atomic E-state index is 0.353. The van der Waals surface area contributed by atoms with Crippen molar-refractivity contribution in [2.45, 2.75) is 38.2 Å². The van der Waals surface area contributed by atoms with Gasteiger partial charge in [-0.15, -0.1) is 0 Å². The third-order valence-electron chi connectivity index (χ3n) is 3.61. The lowest BCUT2D eigenvalue weighted by Gasteiger charge is -2.23. The molecular formula is C15H18N2O. The van der Waals surface area contributed by atoms with Gasteiger partial charge in [0, 0.05) is 11.6 Å². The average molecular weight is 242 g/mol. The highest BCUT2D eigenvalue weighted by atomic mass is 16.5. The topological polar surface area (TPSA) is 48.1 Å². The van der Waals surface area contributed by atoms with E-state index in [0.29, 0.717) is 11.8 Å². The maximum Gasteiger partial charge on any atom is 0.130 e. The van der Waals surface area contributed by atoms with Crippen molar-refractivity contribution in [2.75, 3.05) is 5.73 Å². The van der Waals surface area contributed by atoms with Gasteiger partial charge in [-0.1, -0.05) is 12.5 Å². The minimum absolute atomic E-state index is 0.353. The number of fused-ring (bicyclic) bond motifs is 1. The van der Waals surface area contributed by atoms with Crippen LogP contribution in [0.2, 0.25) is 0 Å². The first-order chi connectivity index (χ1) is 8.84. The van der Waals surface area contributed by atoms with Crippen LogP contribution in [0.3, 0.4) is 0 Å².